The highest BCUT2D eigenvalue weighted by Crippen LogP contribution is 2.45. The number of carboxylic acids is 1. The Hall–Kier alpha value is -5.29. The molecule has 0 saturated heterocycles. The van der Waals surface area contributed by atoms with Crippen molar-refractivity contribution in [3.8, 4) is 28.7 Å². The van der Waals surface area contributed by atoms with Crippen LogP contribution in [0.2, 0.25) is 0 Å². The van der Waals surface area contributed by atoms with Crippen LogP contribution in [0, 0.1) is 0 Å². The molecule has 4 aromatic rings. The number of hydrogen-bond donors (Lipinski definition) is 3. The van der Waals surface area contributed by atoms with Gasteiger partial charge in [-0.15, -0.1) is 0 Å². The average molecular weight is 665 g/mol. The molecule has 2 aliphatic rings. The van der Waals surface area contributed by atoms with Gasteiger partial charge >= 0.3 is 18.3 Å². The summed E-state index contributed by atoms with van der Waals surface area (Å²) in [6.45, 7) is 0.823. The molecule has 0 spiro atoms. The summed E-state index contributed by atoms with van der Waals surface area (Å²) in [6.07, 6.45) is -4.62. The van der Waals surface area contributed by atoms with Crippen LogP contribution in [-0.2, 0) is 31.0 Å². The highest BCUT2D eigenvalue weighted by molar-refractivity contribution is 5.96. The van der Waals surface area contributed by atoms with Crippen LogP contribution in [0.15, 0.2) is 36.8 Å². The first-order valence-corrected chi connectivity index (χ1v) is 14.0. The van der Waals surface area contributed by atoms with Crippen LogP contribution in [0.3, 0.4) is 0 Å². The van der Waals surface area contributed by atoms with E-state index >= 15 is 0 Å². The van der Waals surface area contributed by atoms with E-state index in [0.717, 1.165) is 30.3 Å². The Morgan fingerprint density at radius 2 is 1.77 bits per heavy atom. The fraction of sp³-hybridized carbons (Fsp3) is 0.345. The Bertz CT molecular complexity index is 1800. The molecule has 1 aliphatic carbocycles. The lowest BCUT2D eigenvalue weighted by atomic mass is 10.0. The molecule has 0 bridgehead atoms. The normalized spacial score (nSPS) is 14.4. The fourth-order valence-electron chi connectivity index (χ4n) is 4.79. The zero-order valence-electron chi connectivity index (χ0n) is 24.7. The summed E-state index contributed by atoms with van der Waals surface area (Å²) in [6, 6.07) is 7.07. The molecule has 1 saturated carbocycles. The second-order valence-corrected chi connectivity index (χ2v) is 10.6. The Labute approximate surface area is 262 Å². The maximum Gasteiger partial charge on any atom is 0.490 e. The molecule has 0 unspecified atom stereocenters. The van der Waals surface area contributed by atoms with Gasteiger partial charge in [-0.25, -0.2) is 29.7 Å². The van der Waals surface area contributed by atoms with E-state index < -0.39 is 24.0 Å². The Kier molecular flexibility index (Phi) is 9.04. The van der Waals surface area contributed by atoms with Crippen molar-refractivity contribution in [3.05, 3.63) is 65.0 Å². The molecule has 18 heteroatoms. The Morgan fingerprint density at radius 1 is 1.09 bits per heavy atom. The van der Waals surface area contributed by atoms with Crippen LogP contribution in [0.1, 0.15) is 51.8 Å². The Balaban J connectivity index is 0.000000559. The zero-order valence-corrected chi connectivity index (χ0v) is 24.7. The number of alkyl halides is 6. The van der Waals surface area contributed by atoms with Gasteiger partial charge in [0.05, 0.1) is 12.8 Å². The summed E-state index contributed by atoms with van der Waals surface area (Å²) >= 11 is 0. The number of benzene rings is 1. The number of hydrogen-bond acceptors (Lipinski definition) is 9. The van der Waals surface area contributed by atoms with Gasteiger partial charge in [0.1, 0.15) is 29.2 Å². The van der Waals surface area contributed by atoms with Crippen LogP contribution in [0.4, 0.5) is 32.2 Å². The number of imidazole rings is 1. The first kappa shape index (κ1) is 33.1. The van der Waals surface area contributed by atoms with Gasteiger partial charge in [0.25, 0.3) is 5.91 Å². The number of aliphatic carboxylic acids is 1. The number of aromatic nitrogens is 6. The van der Waals surface area contributed by atoms with Crippen molar-refractivity contribution in [3.63, 3.8) is 0 Å². The van der Waals surface area contributed by atoms with E-state index in [1.54, 1.807) is 12.1 Å². The van der Waals surface area contributed by atoms with Gasteiger partial charge in [-0.1, -0.05) is 24.3 Å². The van der Waals surface area contributed by atoms with Gasteiger partial charge in [0.15, 0.2) is 11.5 Å². The van der Waals surface area contributed by atoms with E-state index in [4.69, 9.17) is 19.6 Å². The first-order chi connectivity index (χ1) is 22.2. The number of anilines is 1. The van der Waals surface area contributed by atoms with Crippen molar-refractivity contribution in [1.82, 2.24) is 34.8 Å². The fourth-order valence-corrected chi connectivity index (χ4v) is 4.79. The van der Waals surface area contributed by atoms with E-state index in [9.17, 15) is 31.1 Å². The summed E-state index contributed by atoms with van der Waals surface area (Å²) in [5.41, 5.74) is 2.86. The van der Waals surface area contributed by atoms with Crippen LogP contribution in [0.5, 0.6) is 5.88 Å². The predicted octanol–water partition coefficient (Wildman–Crippen LogP) is 4.77. The van der Waals surface area contributed by atoms with Crippen molar-refractivity contribution >= 4 is 17.7 Å². The van der Waals surface area contributed by atoms with Crippen molar-refractivity contribution in [2.24, 2.45) is 7.05 Å². The van der Waals surface area contributed by atoms with Crippen molar-refractivity contribution in [2.75, 3.05) is 19.0 Å². The first-order valence-electron chi connectivity index (χ1n) is 14.0. The summed E-state index contributed by atoms with van der Waals surface area (Å²) in [7, 11) is 3.05. The van der Waals surface area contributed by atoms with Crippen LogP contribution < -0.4 is 15.4 Å². The summed E-state index contributed by atoms with van der Waals surface area (Å²) < 4.78 is 77.8. The van der Waals surface area contributed by atoms with Crippen LogP contribution in [-0.4, -0.2) is 66.3 Å². The number of rotatable bonds is 7. The molecule has 248 valence electrons. The molecule has 1 aromatic carbocycles. The van der Waals surface area contributed by atoms with E-state index in [1.807, 2.05) is 12.1 Å². The summed E-state index contributed by atoms with van der Waals surface area (Å²) in [5.74, 6) is -1.38. The maximum absolute atomic E-state index is 13.1. The minimum Gasteiger partial charge on any atom is -0.480 e. The number of carbonyl (C=O) groups is 2. The lowest BCUT2D eigenvalue weighted by Gasteiger charge is -2.21. The van der Waals surface area contributed by atoms with Crippen molar-refractivity contribution < 1.29 is 45.8 Å². The molecule has 0 radical (unpaired) electrons. The molecular weight excluding hydrogens is 638 g/mol. The average Bonchev–Trinajstić information content (AvgIpc) is 3.79. The number of nitrogens with zero attached hydrogens (tertiary/aromatic N) is 6. The number of carbonyl (C=O) groups excluding carboxylic acids is 1. The number of methoxy groups -OCH3 is 1. The molecule has 6 rings (SSSR count). The van der Waals surface area contributed by atoms with Gasteiger partial charge in [0.2, 0.25) is 5.88 Å². The largest absolute Gasteiger partial charge is 0.490 e. The second kappa shape index (κ2) is 12.8. The molecule has 4 heterocycles. The zero-order chi connectivity index (χ0) is 34.1. The third-order valence-electron chi connectivity index (χ3n) is 7.19. The van der Waals surface area contributed by atoms with E-state index in [1.165, 1.54) is 25.1 Å². The molecule has 12 nitrogen and oxygen atoms in total. The lowest BCUT2D eigenvalue weighted by Crippen LogP contribution is -2.34. The van der Waals surface area contributed by atoms with Crippen LogP contribution in [0.25, 0.3) is 22.8 Å². The molecule has 1 amide bonds. The van der Waals surface area contributed by atoms with E-state index in [2.05, 4.69) is 30.6 Å². The van der Waals surface area contributed by atoms with Crippen molar-refractivity contribution in [1.29, 1.82) is 0 Å². The topological polar surface area (TPSA) is 157 Å². The molecule has 47 heavy (non-hydrogen) atoms. The number of halogens is 6. The Morgan fingerprint density at radius 3 is 2.34 bits per heavy atom. The van der Waals surface area contributed by atoms with E-state index in [-0.39, 0.29) is 23.3 Å². The van der Waals surface area contributed by atoms with Gasteiger partial charge in [0, 0.05) is 43.4 Å². The van der Waals surface area contributed by atoms with Gasteiger partial charge in [-0.2, -0.15) is 26.3 Å². The van der Waals surface area contributed by atoms with Gasteiger partial charge < -0.3 is 25.0 Å². The number of fused-ring (bicyclic) bond motifs is 1. The molecule has 0 atom stereocenters. The third kappa shape index (κ3) is 7.41. The van der Waals surface area contributed by atoms with Crippen molar-refractivity contribution in [2.45, 2.75) is 44.1 Å². The van der Waals surface area contributed by atoms with Gasteiger partial charge in [-0.3, -0.25) is 4.79 Å². The molecule has 1 aliphatic heterocycles. The quantitative estimate of drug-likeness (QED) is 0.235. The minimum absolute atomic E-state index is 0.220. The predicted molar refractivity (Wildman–Crippen MR) is 152 cm³/mol. The number of aryl methyl sites for hydroxylation is 1. The monoisotopic (exact) mass is 664 g/mol. The van der Waals surface area contributed by atoms with Gasteiger partial charge in [-0.05, 0) is 24.8 Å². The highest BCUT2D eigenvalue weighted by atomic mass is 19.4. The standard InChI is InChI=1S/C27H25F3N8O2.C2HF3O2/c1-38-12-18(27(28,29)30)35-24(38)16-5-3-14(4-6-16)11-32-22-17-9-10-31-25(39)21(17)36-23(37-22)19-20(15-7-8-15)33-13-34-26(19)40-2;3-2(4,5)1(6)7/h3-6,12-13,15H,7-11H2,1-2H3,(H,31,39)(H,32,36,37);(H,6,7). The lowest BCUT2D eigenvalue weighted by molar-refractivity contribution is -0.192. The highest BCUT2D eigenvalue weighted by Gasteiger charge is 2.38. The van der Waals surface area contributed by atoms with Crippen LogP contribution >= 0.6 is 0 Å². The molecule has 3 N–H and O–H groups in total. The summed E-state index contributed by atoms with van der Waals surface area (Å²) in [5, 5.41) is 13.3. The van der Waals surface area contributed by atoms with E-state index in [0.29, 0.717) is 53.7 Å². The number of carboxylic acid groups (broad SMARTS) is 1. The molecular formula is C29H26F6N8O4. The summed E-state index contributed by atoms with van der Waals surface area (Å²) in [4.78, 5) is 43.6. The second-order valence-electron chi connectivity index (χ2n) is 10.6. The molecule has 1 fully saturated rings. The number of amides is 1. The minimum atomic E-state index is -5.08. The molecule has 3 aromatic heterocycles. The maximum atomic E-state index is 13.1. The SMILES string of the molecule is COc1ncnc(C2CC2)c1-c1nc(NCc2ccc(-c3nc(C(F)(F)F)cn3C)cc2)c2c(n1)C(=O)NCC2.O=C(O)C(F)(F)F. The number of nitrogens with one attached hydrogen (secondary N) is 2. The number of ether oxygens (including phenoxy) is 1. The third-order valence-corrected chi connectivity index (χ3v) is 7.19. The smallest absolute Gasteiger partial charge is 0.480 e.